The van der Waals surface area contributed by atoms with E-state index in [4.69, 9.17) is 9.94 Å². The van der Waals surface area contributed by atoms with Gasteiger partial charge in [0.15, 0.2) is 0 Å². The highest BCUT2D eigenvalue weighted by atomic mass is 16.5. The van der Waals surface area contributed by atoms with Gasteiger partial charge in [0.2, 0.25) is 0 Å². The van der Waals surface area contributed by atoms with Gasteiger partial charge in [-0.3, -0.25) is 14.8 Å². The maximum atomic E-state index is 12.0. The molecule has 0 radical (unpaired) electrons. The molecule has 106 valence electrons. The summed E-state index contributed by atoms with van der Waals surface area (Å²) in [6, 6.07) is 7.07. The van der Waals surface area contributed by atoms with Crippen LogP contribution < -0.4 is 10.8 Å². The van der Waals surface area contributed by atoms with Crippen molar-refractivity contribution >= 4 is 23.6 Å². The highest BCUT2D eigenvalue weighted by Crippen LogP contribution is 2.19. The third-order valence-electron chi connectivity index (χ3n) is 2.97. The summed E-state index contributed by atoms with van der Waals surface area (Å²) in [6.07, 6.45) is 3.88. The molecule has 0 bridgehead atoms. The van der Waals surface area contributed by atoms with Crippen molar-refractivity contribution in [2.24, 2.45) is 0 Å². The van der Waals surface area contributed by atoms with Crippen LogP contribution in [-0.2, 0) is 14.3 Å². The van der Waals surface area contributed by atoms with Gasteiger partial charge < -0.3 is 10.1 Å². The van der Waals surface area contributed by atoms with Crippen molar-refractivity contribution in [3.8, 4) is 0 Å². The predicted molar refractivity (Wildman–Crippen MR) is 73.0 cm³/mol. The summed E-state index contributed by atoms with van der Waals surface area (Å²) < 4.78 is 5.32. The molecule has 1 saturated heterocycles. The van der Waals surface area contributed by atoms with Crippen LogP contribution in [0.3, 0.4) is 0 Å². The van der Waals surface area contributed by atoms with Crippen molar-refractivity contribution in [3.63, 3.8) is 0 Å². The highest BCUT2D eigenvalue weighted by molar-refractivity contribution is 5.97. The van der Waals surface area contributed by atoms with Crippen molar-refractivity contribution < 1.29 is 19.5 Å². The van der Waals surface area contributed by atoms with E-state index < -0.39 is 12.0 Å². The van der Waals surface area contributed by atoms with Gasteiger partial charge in [-0.25, -0.2) is 5.48 Å². The number of nitrogens with one attached hydrogen (secondary N) is 2. The monoisotopic (exact) mass is 276 g/mol. The lowest BCUT2D eigenvalue weighted by Gasteiger charge is -2.12. The number of hydroxylamine groups is 1. The second-order valence-electron chi connectivity index (χ2n) is 4.39. The molecule has 2 rings (SSSR count). The average molecular weight is 276 g/mol. The fourth-order valence-electron chi connectivity index (χ4n) is 1.96. The van der Waals surface area contributed by atoms with E-state index in [-0.39, 0.29) is 5.91 Å². The zero-order chi connectivity index (χ0) is 14.4. The molecule has 1 aromatic rings. The number of ether oxygens (including phenoxy) is 1. The molecule has 1 fully saturated rings. The molecule has 6 nitrogen and oxygen atoms in total. The summed E-state index contributed by atoms with van der Waals surface area (Å²) in [4.78, 5) is 23.0. The SMILES string of the molecule is O=C(C=Cc1ccccc1NC(=O)[C@@H]1CCCO1)NO. The number of carbonyl (C=O) groups excluding carboxylic acids is 2. The molecule has 1 atom stereocenters. The lowest BCUT2D eigenvalue weighted by Crippen LogP contribution is -2.27. The Morgan fingerprint density at radius 3 is 2.85 bits per heavy atom. The summed E-state index contributed by atoms with van der Waals surface area (Å²) >= 11 is 0. The van der Waals surface area contributed by atoms with Gasteiger partial charge in [0.25, 0.3) is 11.8 Å². The Morgan fingerprint density at radius 2 is 2.15 bits per heavy atom. The van der Waals surface area contributed by atoms with E-state index in [9.17, 15) is 9.59 Å². The van der Waals surface area contributed by atoms with Crippen LogP contribution in [0.15, 0.2) is 30.3 Å². The Kier molecular flexibility index (Phi) is 4.86. The molecule has 0 spiro atoms. The van der Waals surface area contributed by atoms with Gasteiger partial charge in [0.05, 0.1) is 0 Å². The summed E-state index contributed by atoms with van der Waals surface area (Å²) in [5, 5.41) is 11.2. The molecule has 1 heterocycles. The number of para-hydroxylation sites is 1. The second kappa shape index (κ2) is 6.83. The minimum Gasteiger partial charge on any atom is -0.368 e. The van der Waals surface area contributed by atoms with Crippen molar-refractivity contribution in [1.82, 2.24) is 5.48 Å². The topological polar surface area (TPSA) is 87.7 Å². The minimum atomic E-state index is -0.634. The smallest absolute Gasteiger partial charge is 0.267 e. The number of rotatable bonds is 4. The maximum absolute atomic E-state index is 12.0. The van der Waals surface area contributed by atoms with Gasteiger partial charge in [0.1, 0.15) is 6.10 Å². The number of carbonyl (C=O) groups is 2. The van der Waals surface area contributed by atoms with E-state index in [1.54, 1.807) is 24.3 Å². The summed E-state index contributed by atoms with van der Waals surface area (Å²) in [5.41, 5.74) is 2.77. The average Bonchev–Trinajstić information content (AvgIpc) is 3.00. The second-order valence-corrected chi connectivity index (χ2v) is 4.39. The Morgan fingerprint density at radius 1 is 1.35 bits per heavy atom. The van der Waals surface area contributed by atoms with Crippen molar-refractivity contribution in [1.29, 1.82) is 0 Å². The molecule has 1 aliphatic rings. The van der Waals surface area contributed by atoms with E-state index in [0.29, 0.717) is 17.9 Å². The third-order valence-corrected chi connectivity index (χ3v) is 2.97. The van der Waals surface area contributed by atoms with Crippen molar-refractivity contribution in [2.45, 2.75) is 18.9 Å². The Bertz CT molecular complexity index is 522. The normalized spacial score (nSPS) is 18.1. The number of anilines is 1. The molecule has 2 amide bonds. The van der Waals surface area contributed by atoms with Gasteiger partial charge in [-0.1, -0.05) is 18.2 Å². The summed E-state index contributed by atoms with van der Waals surface area (Å²) in [5.74, 6) is -0.819. The van der Waals surface area contributed by atoms with E-state index in [1.165, 1.54) is 17.6 Å². The van der Waals surface area contributed by atoms with Gasteiger partial charge in [-0.05, 0) is 30.5 Å². The van der Waals surface area contributed by atoms with Crippen LogP contribution in [0.4, 0.5) is 5.69 Å². The summed E-state index contributed by atoms with van der Waals surface area (Å²) in [6.45, 7) is 0.607. The molecular formula is C14H16N2O4. The van der Waals surface area contributed by atoms with Gasteiger partial charge in [0, 0.05) is 18.4 Å². The molecule has 0 unspecified atom stereocenters. The Labute approximate surface area is 116 Å². The Hall–Kier alpha value is -2.18. The van der Waals surface area contributed by atoms with Crippen molar-refractivity contribution in [3.05, 3.63) is 35.9 Å². The lowest BCUT2D eigenvalue weighted by molar-refractivity contribution is -0.125. The van der Waals surface area contributed by atoms with Crippen LogP contribution in [0.25, 0.3) is 6.08 Å². The van der Waals surface area contributed by atoms with Gasteiger partial charge in [-0.2, -0.15) is 0 Å². The van der Waals surface area contributed by atoms with Crippen LogP contribution in [0.2, 0.25) is 0 Å². The minimum absolute atomic E-state index is 0.185. The van der Waals surface area contributed by atoms with Gasteiger partial charge >= 0.3 is 0 Å². The number of amides is 2. The first-order valence-electron chi connectivity index (χ1n) is 6.34. The molecule has 6 heteroatoms. The van der Waals surface area contributed by atoms with E-state index in [1.807, 2.05) is 0 Å². The lowest BCUT2D eigenvalue weighted by atomic mass is 10.1. The first-order chi connectivity index (χ1) is 9.70. The molecular weight excluding hydrogens is 260 g/mol. The summed E-state index contributed by atoms with van der Waals surface area (Å²) in [7, 11) is 0. The molecule has 1 aromatic carbocycles. The van der Waals surface area contributed by atoms with Crippen LogP contribution in [0, 0.1) is 0 Å². The predicted octanol–water partition coefficient (Wildman–Crippen LogP) is 1.32. The first kappa shape index (κ1) is 14.2. The quantitative estimate of drug-likeness (QED) is 0.440. The molecule has 3 N–H and O–H groups in total. The number of hydrogen-bond acceptors (Lipinski definition) is 4. The molecule has 0 saturated carbocycles. The van der Waals surface area contributed by atoms with Crippen LogP contribution >= 0.6 is 0 Å². The number of hydrogen-bond donors (Lipinski definition) is 3. The van der Waals surface area contributed by atoms with E-state index in [0.717, 1.165) is 12.8 Å². The largest absolute Gasteiger partial charge is 0.368 e. The molecule has 0 aromatic heterocycles. The van der Waals surface area contributed by atoms with Crippen LogP contribution in [0.5, 0.6) is 0 Å². The Balaban J connectivity index is 2.09. The maximum Gasteiger partial charge on any atom is 0.267 e. The first-order valence-corrected chi connectivity index (χ1v) is 6.34. The fraction of sp³-hybridized carbons (Fsp3) is 0.286. The highest BCUT2D eigenvalue weighted by Gasteiger charge is 2.23. The van der Waals surface area contributed by atoms with Crippen LogP contribution in [-0.4, -0.2) is 29.7 Å². The molecule has 1 aliphatic heterocycles. The van der Waals surface area contributed by atoms with Gasteiger partial charge in [-0.15, -0.1) is 0 Å². The molecule has 20 heavy (non-hydrogen) atoms. The zero-order valence-electron chi connectivity index (χ0n) is 10.8. The van der Waals surface area contributed by atoms with Crippen molar-refractivity contribution in [2.75, 3.05) is 11.9 Å². The third kappa shape index (κ3) is 3.66. The van der Waals surface area contributed by atoms with E-state index in [2.05, 4.69) is 5.32 Å². The number of benzene rings is 1. The fourth-order valence-corrected chi connectivity index (χ4v) is 1.96. The molecule has 0 aliphatic carbocycles. The standard InChI is InChI=1S/C14H16N2O4/c17-13(16-19)8-7-10-4-1-2-5-11(10)15-14(18)12-6-3-9-20-12/h1-2,4-5,7-8,12,19H,3,6,9H2,(H,15,18)(H,16,17)/t12-/m0/s1. The zero-order valence-corrected chi connectivity index (χ0v) is 10.8. The van der Waals surface area contributed by atoms with E-state index >= 15 is 0 Å². The van der Waals surface area contributed by atoms with Crippen LogP contribution in [0.1, 0.15) is 18.4 Å².